The summed E-state index contributed by atoms with van der Waals surface area (Å²) in [6.07, 6.45) is 3.79. The zero-order chi connectivity index (χ0) is 23.8. The minimum Gasteiger partial charge on any atom is -0.478 e. The van der Waals surface area contributed by atoms with Gasteiger partial charge in [0.05, 0.1) is 11.7 Å². The highest BCUT2D eigenvalue weighted by Gasteiger charge is 2.69. The molecule has 9 atom stereocenters. The van der Waals surface area contributed by atoms with Crippen LogP contribution in [-0.2, 0) is 14.4 Å². The number of carbonyl (C=O) groups is 3. The number of carbonyl (C=O) groups excluding carboxylic acids is 2. The summed E-state index contributed by atoms with van der Waals surface area (Å²) in [7, 11) is 0. The van der Waals surface area contributed by atoms with Gasteiger partial charge in [-0.25, -0.2) is 4.79 Å². The maximum Gasteiger partial charge on any atom is 0.334 e. The lowest BCUT2D eigenvalue weighted by Gasteiger charge is -2.60. The first-order chi connectivity index (χ1) is 14.8. The molecule has 0 aromatic carbocycles. The van der Waals surface area contributed by atoms with Crippen molar-refractivity contribution < 1.29 is 34.8 Å². The third kappa shape index (κ3) is 2.87. The number of hydrogen-bond donors (Lipinski definition) is 4. The molecule has 7 nitrogen and oxygen atoms in total. The Hall–Kier alpha value is -2.09. The number of hydrogen-bond acceptors (Lipinski definition) is 6. The first kappa shape index (κ1) is 23.1. The number of rotatable bonds is 4. The number of aliphatic hydroxyl groups excluding tert-OH is 2. The van der Waals surface area contributed by atoms with Crippen LogP contribution in [0.1, 0.15) is 46.5 Å². The van der Waals surface area contributed by atoms with Crippen molar-refractivity contribution in [2.24, 2.45) is 34.5 Å². The van der Waals surface area contributed by atoms with E-state index in [9.17, 15) is 29.7 Å². The predicted molar refractivity (Wildman–Crippen MR) is 115 cm³/mol. The molecule has 2 unspecified atom stereocenters. The molecular weight excluding hydrogens is 412 g/mol. The molecular formula is C25H32O7. The third-order valence-electron chi connectivity index (χ3n) is 9.23. The van der Waals surface area contributed by atoms with Crippen LogP contribution in [0.3, 0.4) is 0 Å². The summed E-state index contributed by atoms with van der Waals surface area (Å²) in [6.45, 7) is 9.17. The van der Waals surface area contributed by atoms with Gasteiger partial charge in [-0.2, -0.15) is 0 Å². The number of allylic oxidation sites excluding steroid dienone is 4. The SMILES string of the molecule is C=C(C(=O)O)C(O)C(=O)[C@@]1(O)CC[C@H]2[C@@H]3CC(C)C4=CC(=O)C=C[C@]4(C)[C@H]3[C@@H](O)C[C@@]21C. The molecule has 0 aliphatic heterocycles. The molecule has 3 fully saturated rings. The van der Waals surface area contributed by atoms with Gasteiger partial charge >= 0.3 is 5.97 Å². The average Bonchev–Trinajstić information content (AvgIpc) is 2.98. The number of ketones is 2. The van der Waals surface area contributed by atoms with Crippen molar-refractivity contribution in [1.29, 1.82) is 0 Å². The number of aliphatic hydroxyl groups is 3. The Morgan fingerprint density at radius 1 is 1.28 bits per heavy atom. The minimum absolute atomic E-state index is 0.000366. The lowest BCUT2D eigenvalue weighted by atomic mass is 9.44. The first-order valence-corrected chi connectivity index (χ1v) is 11.3. The molecule has 0 radical (unpaired) electrons. The number of fused-ring (bicyclic) bond motifs is 5. The van der Waals surface area contributed by atoms with Crippen LogP contribution in [0.15, 0.2) is 36.0 Å². The van der Waals surface area contributed by atoms with Gasteiger partial charge in [-0.05, 0) is 55.6 Å². The molecule has 0 saturated heterocycles. The molecule has 4 N–H and O–H groups in total. The van der Waals surface area contributed by atoms with E-state index in [0.717, 1.165) is 12.0 Å². The maximum absolute atomic E-state index is 13.2. The molecule has 0 amide bonds. The maximum atomic E-state index is 13.2. The van der Waals surface area contributed by atoms with Gasteiger partial charge in [-0.15, -0.1) is 0 Å². The summed E-state index contributed by atoms with van der Waals surface area (Å²) in [5.74, 6) is -2.66. The van der Waals surface area contributed by atoms with Crippen LogP contribution in [0.2, 0.25) is 0 Å². The lowest BCUT2D eigenvalue weighted by Crippen LogP contribution is -2.63. The fraction of sp³-hybridized carbons (Fsp3) is 0.640. The summed E-state index contributed by atoms with van der Waals surface area (Å²) in [5, 5.41) is 42.5. The van der Waals surface area contributed by atoms with E-state index in [4.69, 9.17) is 5.11 Å². The second-order valence-electron chi connectivity index (χ2n) is 10.7. The Morgan fingerprint density at radius 2 is 1.94 bits per heavy atom. The van der Waals surface area contributed by atoms with Crippen molar-refractivity contribution in [1.82, 2.24) is 0 Å². The molecule has 4 rings (SSSR count). The number of Topliss-reactive ketones (excluding diaryl/α,β-unsaturated/α-hetero) is 1. The van der Waals surface area contributed by atoms with Gasteiger partial charge in [0.15, 0.2) is 11.6 Å². The Bertz CT molecular complexity index is 963. The quantitative estimate of drug-likeness (QED) is 0.486. The largest absolute Gasteiger partial charge is 0.478 e. The molecule has 4 aliphatic rings. The fourth-order valence-electron chi connectivity index (χ4n) is 7.66. The van der Waals surface area contributed by atoms with Crippen LogP contribution in [0.5, 0.6) is 0 Å². The van der Waals surface area contributed by atoms with Gasteiger partial charge in [0.1, 0.15) is 11.7 Å². The molecule has 3 saturated carbocycles. The molecule has 174 valence electrons. The van der Waals surface area contributed by atoms with E-state index in [1.165, 1.54) is 0 Å². The van der Waals surface area contributed by atoms with Gasteiger partial charge < -0.3 is 20.4 Å². The summed E-state index contributed by atoms with van der Waals surface area (Å²) in [5.41, 5.74) is -3.11. The van der Waals surface area contributed by atoms with E-state index in [1.54, 1.807) is 19.1 Å². The highest BCUT2D eigenvalue weighted by Crippen LogP contribution is 2.68. The van der Waals surface area contributed by atoms with E-state index < -0.39 is 46.0 Å². The van der Waals surface area contributed by atoms with E-state index in [2.05, 4.69) is 13.5 Å². The summed E-state index contributed by atoms with van der Waals surface area (Å²) in [6, 6.07) is 0. The molecule has 0 aromatic rings. The van der Waals surface area contributed by atoms with Crippen LogP contribution in [0, 0.1) is 34.5 Å². The van der Waals surface area contributed by atoms with Gasteiger partial charge in [-0.1, -0.05) is 39.0 Å². The van der Waals surface area contributed by atoms with Crippen LogP contribution in [0.25, 0.3) is 0 Å². The Morgan fingerprint density at radius 3 is 2.56 bits per heavy atom. The van der Waals surface area contributed by atoms with Crippen molar-refractivity contribution in [2.45, 2.75) is 64.3 Å². The van der Waals surface area contributed by atoms with Crippen molar-refractivity contribution in [3.63, 3.8) is 0 Å². The molecule has 32 heavy (non-hydrogen) atoms. The van der Waals surface area contributed by atoms with Crippen molar-refractivity contribution in [3.8, 4) is 0 Å². The summed E-state index contributed by atoms with van der Waals surface area (Å²) >= 11 is 0. The van der Waals surface area contributed by atoms with Crippen molar-refractivity contribution in [3.05, 3.63) is 36.0 Å². The topological polar surface area (TPSA) is 132 Å². The second-order valence-corrected chi connectivity index (χ2v) is 10.7. The van der Waals surface area contributed by atoms with Crippen LogP contribution in [0.4, 0.5) is 0 Å². The van der Waals surface area contributed by atoms with E-state index in [-0.39, 0.29) is 42.3 Å². The highest BCUT2D eigenvalue weighted by atomic mass is 16.4. The van der Waals surface area contributed by atoms with Gasteiger partial charge in [-0.3, -0.25) is 9.59 Å². The molecule has 4 aliphatic carbocycles. The Kier molecular flexibility index (Phi) is 5.20. The van der Waals surface area contributed by atoms with Crippen molar-refractivity contribution in [2.75, 3.05) is 0 Å². The Balaban J connectivity index is 1.72. The predicted octanol–water partition coefficient (Wildman–Crippen LogP) is 1.81. The minimum atomic E-state index is -2.01. The molecule has 0 bridgehead atoms. The summed E-state index contributed by atoms with van der Waals surface area (Å²) in [4.78, 5) is 36.4. The van der Waals surface area contributed by atoms with Crippen molar-refractivity contribution >= 4 is 17.5 Å². The van der Waals surface area contributed by atoms with Crippen LogP contribution >= 0.6 is 0 Å². The molecule has 7 heteroatoms. The zero-order valence-electron chi connectivity index (χ0n) is 18.7. The highest BCUT2D eigenvalue weighted by molar-refractivity contribution is 6.02. The average molecular weight is 445 g/mol. The second kappa shape index (κ2) is 7.20. The smallest absolute Gasteiger partial charge is 0.334 e. The van der Waals surface area contributed by atoms with Crippen LogP contribution in [-0.4, -0.2) is 55.8 Å². The van der Waals surface area contributed by atoms with E-state index in [1.807, 2.05) is 13.0 Å². The van der Waals surface area contributed by atoms with Gasteiger partial charge in [0.25, 0.3) is 0 Å². The van der Waals surface area contributed by atoms with E-state index in [0.29, 0.717) is 6.42 Å². The molecule has 0 aromatic heterocycles. The molecule has 0 heterocycles. The monoisotopic (exact) mass is 444 g/mol. The van der Waals surface area contributed by atoms with Crippen LogP contribution < -0.4 is 0 Å². The Labute approximate surface area is 187 Å². The number of carboxylic acid groups (broad SMARTS) is 1. The fourth-order valence-corrected chi connectivity index (χ4v) is 7.66. The number of aliphatic carboxylic acids is 1. The first-order valence-electron chi connectivity index (χ1n) is 11.3. The zero-order valence-corrected chi connectivity index (χ0v) is 18.7. The summed E-state index contributed by atoms with van der Waals surface area (Å²) < 4.78 is 0. The molecule has 0 spiro atoms. The number of carboxylic acids is 1. The third-order valence-corrected chi connectivity index (χ3v) is 9.23. The van der Waals surface area contributed by atoms with Gasteiger partial charge in [0, 0.05) is 16.7 Å². The van der Waals surface area contributed by atoms with E-state index >= 15 is 0 Å². The standard InChI is InChI=1S/C25H32O7/c1-12-9-15-16-6-8-25(32,21(29)20(28)13(2)22(30)31)24(16,4)11-18(27)19(15)23(3)7-5-14(26)10-17(12)23/h5,7,10,12,15-16,18-20,27-28,32H,2,6,8-9,11H2,1,3-4H3,(H,30,31)/t12?,15-,16-,18-,19+,20?,23-,24-,25-/m0/s1. The normalized spacial score (nSPS) is 45.9. The lowest BCUT2D eigenvalue weighted by molar-refractivity contribution is -0.183. The van der Waals surface area contributed by atoms with Gasteiger partial charge in [0.2, 0.25) is 0 Å².